The Hall–Kier alpha value is -2.47. The predicted octanol–water partition coefficient (Wildman–Crippen LogP) is 1.76. The molecule has 0 saturated carbocycles. The number of benzene rings is 1. The quantitative estimate of drug-likeness (QED) is 0.838. The van der Waals surface area contributed by atoms with Crippen LogP contribution in [0.1, 0.15) is 12.6 Å². The van der Waals surface area contributed by atoms with Crippen LogP contribution in [0.15, 0.2) is 42.9 Å². The minimum absolute atomic E-state index is 0.0826. The number of carbonyl (C=O) groups excluding carboxylic acids is 1. The Morgan fingerprint density at radius 2 is 2.21 bits per heavy atom. The summed E-state index contributed by atoms with van der Waals surface area (Å²) in [4.78, 5) is 25.0. The fourth-order valence-electron chi connectivity index (χ4n) is 2.78. The second kappa shape index (κ2) is 7.40. The summed E-state index contributed by atoms with van der Waals surface area (Å²) in [5.74, 6) is 0.853. The number of likely N-dealkylation sites (N-methyl/N-ethyl adjacent to an activating group) is 1. The van der Waals surface area contributed by atoms with Crippen LogP contribution in [-0.2, 0) is 11.2 Å². The van der Waals surface area contributed by atoms with Gasteiger partial charge in [0.1, 0.15) is 12.4 Å². The van der Waals surface area contributed by atoms with E-state index in [1.165, 1.54) is 0 Å². The standard InChI is InChI=1S/C18H22N4O2/c1-14(11-15-12-19-7-8-20-15)21(2)13-18(23)22-9-10-24-17-6-4-3-5-16(17)22/h3-8,12,14H,9-11,13H2,1-2H3/t14-/m1/s1. The number of ether oxygens (including phenoxy) is 1. The van der Waals surface area contributed by atoms with E-state index in [1.807, 2.05) is 36.2 Å². The second-order valence-electron chi connectivity index (χ2n) is 6.03. The van der Waals surface area contributed by atoms with Gasteiger partial charge in [-0.15, -0.1) is 0 Å². The van der Waals surface area contributed by atoms with Crippen LogP contribution in [-0.4, -0.2) is 53.6 Å². The number of anilines is 1. The van der Waals surface area contributed by atoms with Crippen molar-refractivity contribution < 1.29 is 9.53 Å². The molecule has 2 aromatic rings. The lowest BCUT2D eigenvalue weighted by Crippen LogP contribution is -2.45. The van der Waals surface area contributed by atoms with E-state index in [1.54, 1.807) is 18.6 Å². The summed E-state index contributed by atoms with van der Waals surface area (Å²) in [7, 11) is 1.96. The van der Waals surface area contributed by atoms with Crippen molar-refractivity contribution in [2.75, 3.05) is 31.6 Å². The molecule has 24 heavy (non-hydrogen) atoms. The largest absolute Gasteiger partial charge is 0.490 e. The number of fused-ring (bicyclic) bond motifs is 1. The molecule has 1 aromatic carbocycles. The maximum Gasteiger partial charge on any atom is 0.241 e. The number of amides is 1. The van der Waals surface area contributed by atoms with E-state index < -0.39 is 0 Å². The average molecular weight is 326 g/mol. The Morgan fingerprint density at radius 1 is 1.38 bits per heavy atom. The Kier molecular flexibility index (Phi) is 5.05. The first-order valence-corrected chi connectivity index (χ1v) is 8.12. The van der Waals surface area contributed by atoms with Crippen LogP contribution in [0.2, 0.25) is 0 Å². The normalized spacial score (nSPS) is 14.9. The highest BCUT2D eigenvalue weighted by Crippen LogP contribution is 2.30. The highest BCUT2D eigenvalue weighted by Gasteiger charge is 2.25. The smallest absolute Gasteiger partial charge is 0.241 e. The van der Waals surface area contributed by atoms with Gasteiger partial charge in [-0.05, 0) is 26.1 Å². The Bertz CT molecular complexity index is 692. The van der Waals surface area contributed by atoms with Crippen molar-refractivity contribution in [3.63, 3.8) is 0 Å². The molecule has 2 heterocycles. The maximum atomic E-state index is 12.7. The van der Waals surface area contributed by atoms with Crippen LogP contribution in [0, 0.1) is 0 Å². The Balaban J connectivity index is 1.62. The molecule has 0 fully saturated rings. The molecule has 6 heteroatoms. The van der Waals surface area contributed by atoms with Gasteiger partial charge in [-0.3, -0.25) is 19.7 Å². The van der Waals surface area contributed by atoms with E-state index in [0.717, 1.165) is 23.6 Å². The minimum atomic E-state index is 0.0826. The van der Waals surface area contributed by atoms with Crippen molar-refractivity contribution in [3.8, 4) is 5.75 Å². The first-order valence-electron chi connectivity index (χ1n) is 8.12. The molecule has 1 atom stereocenters. The van der Waals surface area contributed by atoms with Gasteiger partial charge in [0, 0.05) is 31.1 Å². The van der Waals surface area contributed by atoms with E-state index in [0.29, 0.717) is 19.7 Å². The van der Waals surface area contributed by atoms with Gasteiger partial charge in [0.2, 0.25) is 5.91 Å². The van der Waals surface area contributed by atoms with Gasteiger partial charge in [-0.25, -0.2) is 0 Å². The minimum Gasteiger partial charge on any atom is -0.490 e. The average Bonchev–Trinajstić information content (AvgIpc) is 2.62. The monoisotopic (exact) mass is 326 g/mol. The van der Waals surface area contributed by atoms with Gasteiger partial charge >= 0.3 is 0 Å². The second-order valence-corrected chi connectivity index (χ2v) is 6.03. The predicted molar refractivity (Wildman–Crippen MR) is 92.1 cm³/mol. The number of para-hydroxylation sites is 2. The molecule has 0 bridgehead atoms. The number of hydrogen-bond donors (Lipinski definition) is 0. The van der Waals surface area contributed by atoms with Crippen LogP contribution in [0.4, 0.5) is 5.69 Å². The molecule has 1 aromatic heterocycles. The molecule has 1 aliphatic heterocycles. The van der Waals surface area contributed by atoms with E-state index >= 15 is 0 Å². The lowest BCUT2D eigenvalue weighted by Gasteiger charge is -2.32. The summed E-state index contributed by atoms with van der Waals surface area (Å²) in [5, 5.41) is 0. The van der Waals surface area contributed by atoms with Gasteiger partial charge in [-0.1, -0.05) is 12.1 Å². The van der Waals surface area contributed by atoms with Crippen LogP contribution in [0.5, 0.6) is 5.75 Å². The zero-order valence-electron chi connectivity index (χ0n) is 14.1. The van der Waals surface area contributed by atoms with Crippen LogP contribution in [0.3, 0.4) is 0 Å². The summed E-state index contributed by atoms with van der Waals surface area (Å²) < 4.78 is 5.61. The molecule has 0 unspecified atom stereocenters. The van der Waals surface area contributed by atoms with Crippen molar-refractivity contribution >= 4 is 11.6 Å². The zero-order chi connectivity index (χ0) is 16.9. The summed E-state index contributed by atoms with van der Waals surface area (Å²) in [6.07, 6.45) is 5.89. The first kappa shape index (κ1) is 16.4. The molecule has 6 nitrogen and oxygen atoms in total. The van der Waals surface area contributed by atoms with Gasteiger partial charge < -0.3 is 9.64 Å². The van der Waals surface area contributed by atoms with Crippen molar-refractivity contribution in [2.24, 2.45) is 0 Å². The first-order chi connectivity index (χ1) is 11.6. The third-order valence-electron chi connectivity index (χ3n) is 4.29. The molecule has 0 aliphatic carbocycles. The molecule has 0 spiro atoms. The molecule has 126 valence electrons. The van der Waals surface area contributed by atoms with Gasteiger partial charge in [0.05, 0.1) is 24.5 Å². The lowest BCUT2D eigenvalue weighted by molar-refractivity contribution is -0.120. The highest BCUT2D eigenvalue weighted by atomic mass is 16.5. The van der Waals surface area contributed by atoms with Gasteiger partial charge in [0.25, 0.3) is 0 Å². The lowest BCUT2D eigenvalue weighted by atomic mass is 10.1. The van der Waals surface area contributed by atoms with Crippen LogP contribution < -0.4 is 9.64 Å². The SMILES string of the molecule is C[C@H](Cc1cnccn1)N(C)CC(=O)N1CCOc2ccccc21. The molecule has 3 rings (SSSR count). The summed E-state index contributed by atoms with van der Waals surface area (Å²) >= 11 is 0. The molecule has 1 amide bonds. The van der Waals surface area contributed by atoms with E-state index in [4.69, 9.17) is 4.74 Å². The van der Waals surface area contributed by atoms with Crippen LogP contribution >= 0.6 is 0 Å². The molecular formula is C18H22N4O2. The van der Waals surface area contributed by atoms with Crippen molar-refractivity contribution in [1.29, 1.82) is 0 Å². The van der Waals surface area contributed by atoms with Crippen molar-refractivity contribution in [1.82, 2.24) is 14.9 Å². The number of nitrogens with zero attached hydrogens (tertiary/aromatic N) is 4. The fraction of sp³-hybridized carbons (Fsp3) is 0.389. The number of hydrogen-bond acceptors (Lipinski definition) is 5. The van der Waals surface area contributed by atoms with E-state index in [2.05, 4.69) is 21.8 Å². The van der Waals surface area contributed by atoms with Gasteiger partial charge in [0.15, 0.2) is 0 Å². The number of carbonyl (C=O) groups is 1. The summed E-state index contributed by atoms with van der Waals surface area (Å²) in [5.41, 5.74) is 1.78. The van der Waals surface area contributed by atoms with Crippen molar-refractivity contribution in [3.05, 3.63) is 48.5 Å². The highest BCUT2D eigenvalue weighted by molar-refractivity contribution is 5.96. The maximum absolute atomic E-state index is 12.7. The zero-order valence-corrected chi connectivity index (χ0v) is 14.1. The molecular weight excluding hydrogens is 304 g/mol. The third kappa shape index (κ3) is 3.71. The number of aromatic nitrogens is 2. The molecule has 0 radical (unpaired) electrons. The Morgan fingerprint density at radius 3 is 3.00 bits per heavy atom. The van der Waals surface area contributed by atoms with Crippen LogP contribution in [0.25, 0.3) is 0 Å². The number of rotatable bonds is 5. The van der Waals surface area contributed by atoms with Gasteiger partial charge in [-0.2, -0.15) is 0 Å². The van der Waals surface area contributed by atoms with Crippen molar-refractivity contribution in [2.45, 2.75) is 19.4 Å². The van der Waals surface area contributed by atoms with E-state index in [-0.39, 0.29) is 11.9 Å². The molecule has 0 saturated heterocycles. The topological polar surface area (TPSA) is 58.6 Å². The molecule has 1 aliphatic rings. The molecule has 0 N–H and O–H groups in total. The van der Waals surface area contributed by atoms with E-state index in [9.17, 15) is 4.79 Å². The summed E-state index contributed by atoms with van der Waals surface area (Å²) in [6.45, 7) is 3.56. The summed E-state index contributed by atoms with van der Waals surface area (Å²) in [6, 6.07) is 7.86. The third-order valence-corrected chi connectivity index (χ3v) is 4.29. The Labute approximate surface area is 142 Å². The fourth-order valence-corrected chi connectivity index (χ4v) is 2.78.